The lowest BCUT2D eigenvalue weighted by atomic mass is 9.83. The minimum atomic E-state index is 0. The summed E-state index contributed by atoms with van der Waals surface area (Å²) in [6.45, 7) is 7.70. The van der Waals surface area contributed by atoms with Crippen molar-refractivity contribution in [2.75, 3.05) is 33.2 Å². The lowest BCUT2D eigenvalue weighted by molar-refractivity contribution is 0.0373. The van der Waals surface area contributed by atoms with E-state index in [2.05, 4.69) is 57.4 Å². The van der Waals surface area contributed by atoms with Crippen molar-refractivity contribution in [3.63, 3.8) is 0 Å². The number of fused-ring (bicyclic) bond motifs is 1. The molecule has 2 aliphatic rings. The monoisotopic (exact) mass is 442 g/mol. The van der Waals surface area contributed by atoms with E-state index in [0.29, 0.717) is 0 Å². The van der Waals surface area contributed by atoms with E-state index < -0.39 is 0 Å². The largest absolute Gasteiger partial charge is 0.357 e. The number of piperidine rings is 2. The lowest BCUT2D eigenvalue weighted by Gasteiger charge is -2.48. The van der Waals surface area contributed by atoms with Crippen molar-refractivity contribution in [2.45, 2.75) is 38.8 Å². The Morgan fingerprint density at radius 1 is 1.21 bits per heavy atom. The predicted molar refractivity (Wildman–Crippen MR) is 112 cm³/mol. The van der Waals surface area contributed by atoms with Gasteiger partial charge in [-0.2, -0.15) is 0 Å². The summed E-state index contributed by atoms with van der Waals surface area (Å²) in [6, 6.07) is 11.7. The molecule has 1 aromatic rings. The van der Waals surface area contributed by atoms with Crippen LogP contribution in [0.4, 0.5) is 0 Å². The van der Waals surface area contributed by atoms with E-state index in [-0.39, 0.29) is 24.0 Å². The molecule has 0 amide bonds. The highest BCUT2D eigenvalue weighted by Gasteiger charge is 2.36. The first kappa shape index (κ1) is 19.5. The third-order valence-electron chi connectivity index (χ3n) is 5.26. The Morgan fingerprint density at radius 3 is 2.71 bits per heavy atom. The molecule has 2 aliphatic heterocycles. The second-order valence-corrected chi connectivity index (χ2v) is 6.74. The van der Waals surface area contributed by atoms with Crippen LogP contribution in [0.25, 0.3) is 0 Å². The number of aliphatic imine (C=N–C) groups is 1. The van der Waals surface area contributed by atoms with Gasteiger partial charge in [-0.3, -0.25) is 9.89 Å². The molecule has 0 aromatic heterocycles. The number of hydrogen-bond donors (Lipinski definition) is 1. The summed E-state index contributed by atoms with van der Waals surface area (Å²) in [5.74, 6) is 1.85. The van der Waals surface area contributed by atoms with Gasteiger partial charge in [-0.1, -0.05) is 30.3 Å². The number of likely N-dealkylation sites (tertiary alicyclic amines) is 2. The Balaban J connectivity index is 0.00000208. The van der Waals surface area contributed by atoms with Gasteiger partial charge >= 0.3 is 0 Å². The van der Waals surface area contributed by atoms with E-state index in [1.807, 2.05) is 7.05 Å². The van der Waals surface area contributed by atoms with Gasteiger partial charge in [0.1, 0.15) is 0 Å². The highest BCUT2D eigenvalue weighted by Crippen LogP contribution is 2.31. The molecule has 24 heavy (non-hydrogen) atoms. The fraction of sp³-hybridized carbons (Fsp3) is 0.632. The molecule has 4 nitrogen and oxygen atoms in total. The van der Waals surface area contributed by atoms with Crippen molar-refractivity contribution in [1.29, 1.82) is 0 Å². The van der Waals surface area contributed by atoms with Gasteiger partial charge in [-0.25, -0.2) is 0 Å². The minimum Gasteiger partial charge on any atom is -0.357 e. The Kier molecular flexibility index (Phi) is 7.81. The highest BCUT2D eigenvalue weighted by molar-refractivity contribution is 14.0. The fourth-order valence-electron chi connectivity index (χ4n) is 4.20. The first-order chi connectivity index (χ1) is 11.3. The van der Waals surface area contributed by atoms with Gasteiger partial charge in [-0.15, -0.1) is 24.0 Å². The third-order valence-corrected chi connectivity index (χ3v) is 5.26. The van der Waals surface area contributed by atoms with Crippen LogP contribution in [0.15, 0.2) is 35.3 Å². The molecule has 2 heterocycles. The number of rotatable bonds is 3. The molecule has 2 saturated heterocycles. The summed E-state index contributed by atoms with van der Waals surface area (Å²) < 4.78 is 0. The van der Waals surface area contributed by atoms with Crippen LogP contribution in [0.1, 0.15) is 31.7 Å². The average Bonchev–Trinajstić information content (AvgIpc) is 2.60. The van der Waals surface area contributed by atoms with Crippen LogP contribution in [-0.4, -0.2) is 55.0 Å². The van der Waals surface area contributed by atoms with Crippen molar-refractivity contribution < 1.29 is 0 Å². The molecule has 1 aromatic carbocycles. The van der Waals surface area contributed by atoms with E-state index >= 15 is 0 Å². The van der Waals surface area contributed by atoms with Crippen molar-refractivity contribution in [1.82, 2.24) is 15.1 Å². The summed E-state index contributed by atoms with van der Waals surface area (Å²) in [5.41, 5.74) is 1.44. The van der Waals surface area contributed by atoms with Crippen molar-refractivity contribution >= 4 is 29.9 Å². The highest BCUT2D eigenvalue weighted by atomic mass is 127. The fourth-order valence-corrected chi connectivity index (χ4v) is 4.20. The van der Waals surface area contributed by atoms with E-state index in [4.69, 9.17) is 0 Å². The van der Waals surface area contributed by atoms with Crippen LogP contribution in [0.5, 0.6) is 0 Å². The van der Waals surface area contributed by atoms with Gasteiger partial charge in [0.25, 0.3) is 0 Å². The lowest BCUT2D eigenvalue weighted by Crippen LogP contribution is -2.56. The number of hydrogen-bond acceptors (Lipinski definition) is 2. The zero-order valence-corrected chi connectivity index (χ0v) is 17.3. The summed E-state index contributed by atoms with van der Waals surface area (Å²) in [7, 11) is 1.90. The summed E-state index contributed by atoms with van der Waals surface area (Å²) >= 11 is 0. The second kappa shape index (κ2) is 9.61. The second-order valence-electron chi connectivity index (χ2n) is 6.74. The van der Waals surface area contributed by atoms with Crippen molar-refractivity contribution in [3.05, 3.63) is 35.9 Å². The predicted octanol–water partition coefficient (Wildman–Crippen LogP) is 3.19. The molecular weight excluding hydrogens is 411 g/mol. The molecular formula is C19H31IN4. The van der Waals surface area contributed by atoms with Crippen LogP contribution < -0.4 is 5.32 Å². The quantitative estimate of drug-likeness (QED) is 0.443. The zero-order valence-electron chi connectivity index (χ0n) is 14.9. The summed E-state index contributed by atoms with van der Waals surface area (Å²) in [4.78, 5) is 9.62. The normalized spacial score (nSPS) is 24.9. The Labute approximate surface area is 163 Å². The van der Waals surface area contributed by atoms with Crippen LogP contribution in [-0.2, 0) is 6.54 Å². The van der Waals surface area contributed by atoms with Gasteiger partial charge in [0.2, 0.25) is 0 Å². The van der Waals surface area contributed by atoms with Gasteiger partial charge in [0.05, 0.1) is 0 Å². The van der Waals surface area contributed by atoms with Gasteiger partial charge in [0.15, 0.2) is 5.96 Å². The maximum atomic E-state index is 4.44. The van der Waals surface area contributed by atoms with Gasteiger partial charge < -0.3 is 10.2 Å². The standard InChI is InChI=1S/C19H30N4.HI/c1-3-21-19(20-2)23-13-11-18-17(15-23)10-7-12-22(18)14-16-8-5-4-6-9-16;/h4-6,8-9,17-18H,3,7,10-15H2,1-2H3,(H,20,21);1H. The molecule has 3 rings (SSSR count). The first-order valence-corrected chi connectivity index (χ1v) is 9.05. The molecule has 5 heteroatoms. The summed E-state index contributed by atoms with van der Waals surface area (Å²) in [5, 5.41) is 3.41. The van der Waals surface area contributed by atoms with Crippen LogP contribution in [0.2, 0.25) is 0 Å². The number of benzene rings is 1. The molecule has 1 N–H and O–H groups in total. The van der Waals surface area contributed by atoms with Crippen LogP contribution in [0, 0.1) is 5.92 Å². The minimum absolute atomic E-state index is 0. The maximum absolute atomic E-state index is 4.44. The Hall–Kier alpha value is -0.820. The molecule has 0 spiro atoms. The van der Waals surface area contributed by atoms with E-state index in [1.165, 1.54) is 31.4 Å². The molecule has 0 radical (unpaired) electrons. The van der Waals surface area contributed by atoms with Crippen molar-refractivity contribution in [3.8, 4) is 0 Å². The third kappa shape index (κ3) is 4.63. The van der Waals surface area contributed by atoms with Gasteiger partial charge in [-0.05, 0) is 44.2 Å². The average molecular weight is 442 g/mol. The number of guanidine groups is 1. The SMILES string of the molecule is CCNC(=NC)N1CCC2C(CCCN2Cc2ccccc2)C1.I. The van der Waals surface area contributed by atoms with Crippen LogP contribution >= 0.6 is 24.0 Å². The van der Waals surface area contributed by atoms with Gasteiger partial charge in [0, 0.05) is 39.3 Å². The zero-order chi connectivity index (χ0) is 16.1. The molecule has 134 valence electrons. The Bertz CT molecular complexity index is 519. The summed E-state index contributed by atoms with van der Waals surface area (Å²) in [6.07, 6.45) is 3.93. The van der Waals surface area contributed by atoms with E-state index in [9.17, 15) is 0 Å². The Morgan fingerprint density at radius 2 is 2.00 bits per heavy atom. The van der Waals surface area contributed by atoms with E-state index in [0.717, 1.165) is 44.1 Å². The number of nitrogens with one attached hydrogen (secondary N) is 1. The van der Waals surface area contributed by atoms with E-state index in [1.54, 1.807) is 0 Å². The topological polar surface area (TPSA) is 30.9 Å². The van der Waals surface area contributed by atoms with Crippen molar-refractivity contribution in [2.24, 2.45) is 10.9 Å². The molecule has 0 bridgehead atoms. The number of halogens is 1. The maximum Gasteiger partial charge on any atom is 0.193 e. The molecule has 0 aliphatic carbocycles. The first-order valence-electron chi connectivity index (χ1n) is 9.05. The molecule has 2 fully saturated rings. The molecule has 2 unspecified atom stereocenters. The molecule has 0 saturated carbocycles. The number of nitrogens with zero attached hydrogens (tertiary/aromatic N) is 3. The molecule has 2 atom stereocenters. The van der Waals surface area contributed by atoms with Crippen LogP contribution in [0.3, 0.4) is 0 Å². The smallest absolute Gasteiger partial charge is 0.193 e.